The van der Waals surface area contributed by atoms with Crippen molar-refractivity contribution in [1.29, 1.82) is 0 Å². The van der Waals surface area contributed by atoms with Gasteiger partial charge in [0.05, 0.1) is 0 Å². The first-order chi connectivity index (χ1) is 9.34. The average Bonchev–Trinajstić information content (AvgIpc) is 3.02. The Hall–Kier alpha value is -1.94. The number of nitrogens with zero attached hydrogens (tertiary/aromatic N) is 3. The molecule has 0 saturated carbocycles. The van der Waals surface area contributed by atoms with Gasteiger partial charge in [-0.2, -0.15) is 0 Å². The highest BCUT2D eigenvalue weighted by atomic mass is 15.3. The molecule has 1 aliphatic heterocycles. The standard InChI is InChI=1S/C15H18N4/c1-19(14-7-8-16-11-14)15-17-9-13(10-18-15)12-5-3-2-4-6-12/h2-6,9-10,14,16H,7-8,11H2,1H3. The maximum absolute atomic E-state index is 4.49. The Morgan fingerprint density at radius 3 is 2.47 bits per heavy atom. The van der Waals surface area contributed by atoms with E-state index in [1.165, 1.54) is 0 Å². The highest BCUT2D eigenvalue weighted by molar-refractivity contribution is 5.61. The van der Waals surface area contributed by atoms with Crippen LogP contribution in [0.5, 0.6) is 0 Å². The molecule has 4 nitrogen and oxygen atoms in total. The molecule has 98 valence electrons. The molecule has 0 spiro atoms. The first-order valence-corrected chi connectivity index (χ1v) is 6.65. The lowest BCUT2D eigenvalue weighted by atomic mass is 10.1. The summed E-state index contributed by atoms with van der Waals surface area (Å²) in [5.74, 6) is 0.799. The fourth-order valence-corrected chi connectivity index (χ4v) is 2.42. The van der Waals surface area contributed by atoms with Crippen LogP contribution in [0, 0.1) is 0 Å². The van der Waals surface area contributed by atoms with E-state index >= 15 is 0 Å². The number of anilines is 1. The molecule has 0 bridgehead atoms. The van der Waals surface area contributed by atoms with Crippen LogP contribution in [0.2, 0.25) is 0 Å². The van der Waals surface area contributed by atoms with Gasteiger partial charge in [0.2, 0.25) is 5.95 Å². The van der Waals surface area contributed by atoms with Gasteiger partial charge in [-0.1, -0.05) is 30.3 Å². The fraction of sp³-hybridized carbons (Fsp3) is 0.333. The predicted octanol–water partition coefficient (Wildman–Crippen LogP) is 1.94. The molecule has 2 aromatic rings. The van der Waals surface area contributed by atoms with Crippen molar-refractivity contribution in [2.75, 3.05) is 25.0 Å². The van der Waals surface area contributed by atoms with Gasteiger partial charge in [0, 0.05) is 37.6 Å². The lowest BCUT2D eigenvalue weighted by Gasteiger charge is -2.23. The van der Waals surface area contributed by atoms with Gasteiger partial charge in [-0.05, 0) is 18.5 Å². The molecule has 19 heavy (non-hydrogen) atoms. The Balaban J connectivity index is 1.79. The van der Waals surface area contributed by atoms with E-state index < -0.39 is 0 Å². The zero-order valence-corrected chi connectivity index (χ0v) is 11.1. The largest absolute Gasteiger partial charge is 0.340 e. The summed E-state index contributed by atoms with van der Waals surface area (Å²) >= 11 is 0. The second-order valence-corrected chi connectivity index (χ2v) is 4.90. The molecule has 0 aliphatic carbocycles. The van der Waals surface area contributed by atoms with E-state index in [2.05, 4.69) is 39.4 Å². The van der Waals surface area contributed by atoms with Crippen LogP contribution in [-0.4, -0.2) is 36.1 Å². The summed E-state index contributed by atoms with van der Waals surface area (Å²) in [6.07, 6.45) is 4.95. The molecule has 1 fully saturated rings. The van der Waals surface area contributed by atoms with Gasteiger partial charge >= 0.3 is 0 Å². The van der Waals surface area contributed by atoms with Crippen LogP contribution in [-0.2, 0) is 0 Å². The zero-order chi connectivity index (χ0) is 13.1. The lowest BCUT2D eigenvalue weighted by Crippen LogP contribution is -2.34. The third-order valence-corrected chi connectivity index (χ3v) is 3.64. The molecular weight excluding hydrogens is 236 g/mol. The maximum atomic E-state index is 4.49. The number of benzene rings is 1. The predicted molar refractivity (Wildman–Crippen MR) is 77.1 cm³/mol. The van der Waals surface area contributed by atoms with Crippen molar-refractivity contribution < 1.29 is 0 Å². The van der Waals surface area contributed by atoms with Gasteiger partial charge in [-0.15, -0.1) is 0 Å². The Bertz CT molecular complexity index is 518. The van der Waals surface area contributed by atoms with Gasteiger partial charge in [-0.25, -0.2) is 9.97 Å². The Labute approximate surface area is 113 Å². The summed E-state index contributed by atoms with van der Waals surface area (Å²) in [7, 11) is 2.06. The SMILES string of the molecule is CN(c1ncc(-c2ccccc2)cn1)C1CCNC1. The maximum Gasteiger partial charge on any atom is 0.225 e. The van der Waals surface area contributed by atoms with Crippen molar-refractivity contribution >= 4 is 5.95 Å². The third-order valence-electron chi connectivity index (χ3n) is 3.64. The van der Waals surface area contributed by atoms with E-state index in [0.717, 1.165) is 36.6 Å². The Morgan fingerprint density at radius 1 is 1.11 bits per heavy atom. The van der Waals surface area contributed by atoms with Gasteiger partial charge in [0.1, 0.15) is 0 Å². The number of nitrogens with one attached hydrogen (secondary N) is 1. The fourth-order valence-electron chi connectivity index (χ4n) is 2.42. The molecule has 1 aromatic carbocycles. The van der Waals surface area contributed by atoms with Crippen molar-refractivity contribution in [2.24, 2.45) is 0 Å². The highest BCUT2D eigenvalue weighted by Crippen LogP contribution is 2.19. The molecule has 1 atom stereocenters. The van der Waals surface area contributed by atoms with E-state index in [4.69, 9.17) is 0 Å². The molecule has 3 rings (SSSR count). The Kier molecular flexibility index (Phi) is 3.42. The monoisotopic (exact) mass is 254 g/mol. The summed E-state index contributed by atoms with van der Waals surface area (Å²) in [5.41, 5.74) is 2.21. The molecule has 1 saturated heterocycles. The van der Waals surface area contributed by atoms with E-state index in [1.54, 1.807) is 0 Å². The van der Waals surface area contributed by atoms with Gasteiger partial charge in [-0.3, -0.25) is 0 Å². The minimum atomic E-state index is 0.502. The second kappa shape index (κ2) is 5.36. The van der Waals surface area contributed by atoms with E-state index in [1.807, 2.05) is 30.6 Å². The summed E-state index contributed by atoms with van der Waals surface area (Å²) in [6.45, 7) is 2.09. The van der Waals surface area contributed by atoms with Crippen LogP contribution in [0.15, 0.2) is 42.7 Å². The van der Waals surface area contributed by atoms with E-state index in [-0.39, 0.29) is 0 Å². The summed E-state index contributed by atoms with van der Waals surface area (Å²) in [6, 6.07) is 10.7. The highest BCUT2D eigenvalue weighted by Gasteiger charge is 2.20. The summed E-state index contributed by atoms with van der Waals surface area (Å²) < 4.78 is 0. The number of hydrogen-bond acceptors (Lipinski definition) is 4. The minimum absolute atomic E-state index is 0.502. The molecule has 4 heteroatoms. The lowest BCUT2D eigenvalue weighted by molar-refractivity contribution is 0.668. The summed E-state index contributed by atoms with van der Waals surface area (Å²) in [4.78, 5) is 11.1. The smallest absolute Gasteiger partial charge is 0.225 e. The second-order valence-electron chi connectivity index (χ2n) is 4.90. The van der Waals surface area contributed by atoms with Crippen molar-refractivity contribution in [1.82, 2.24) is 15.3 Å². The first-order valence-electron chi connectivity index (χ1n) is 6.65. The van der Waals surface area contributed by atoms with Crippen LogP contribution in [0.25, 0.3) is 11.1 Å². The minimum Gasteiger partial charge on any atom is -0.340 e. The van der Waals surface area contributed by atoms with Gasteiger partial charge in [0.25, 0.3) is 0 Å². The number of aromatic nitrogens is 2. The average molecular weight is 254 g/mol. The molecule has 1 N–H and O–H groups in total. The van der Waals surface area contributed by atoms with Crippen LogP contribution in [0.4, 0.5) is 5.95 Å². The molecule has 0 radical (unpaired) electrons. The van der Waals surface area contributed by atoms with Crippen LogP contribution < -0.4 is 10.2 Å². The number of hydrogen-bond donors (Lipinski definition) is 1. The van der Waals surface area contributed by atoms with Crippen LogP contribution in [0.3, 0.4) is 0 Å². The Morgan fingerprint density at radius 2 is 1.84 bits per heavy atom. The van der Waals surface area contributed by atoms with Crippen molar-refractivity contribution in [3.8, 4) is 11.1 Å². The van der Waals surface area contributed by atoms with Crippen LogP contribution in [0.1, 0.15) is 6.42 Å². The molecule has 1 aliphatic rings. The van der Waals surface area contributed by atoms with Crippen LogP contribution >= 0.6 is 0 Å². The quantitative estimate of drug-likeness (QED) is 0.909. The number of likely N-dealkylation sites (N-methyl/N-ethyl adjacent to an activating group) is 1. The zero-order valence-electron chi connectivity index (χ0n) is 11.1. The number of rotatable bonds is 3. The van der Waals surface area contributed by atoms with Gasteiger partial charge < -0.3 is 10.2 Å². The molecule has 1 unspecified atom stereocenters. The first kappa shape index (κ1) is 12.1. The van der Waals surface area contributed by atoms with Crippen molar-refractivity contribution in [3.63, 3.8) is 0 Å². The normalized spacial score (nSPS) is 18.5. The molecule has 2 heterocycles. The molecule has 1 aromatic heterocycles. The molecule has 0 amide bonds. The summed E-state index contributed by atoms with van der Waals surface area (Å²) in [5, 5.41) is 3.36. The third kappa shape index (κ3) is 2.58. The van der Waals surface area contributed by atoms with Gasteiger partial charge in [0.15, 0.2) is 0 Å². The van der Waals surface area contributed by atoms with Crippen molar-refractivity contribution in [2.45, 2.75) is 12.5 Å². The topological polar surface area (TPSA) is 41.1 Å². The van der Waals surface area contributed by atoms with E-state index in [0.29, 0.717) is 6.04 Å². The molecular formula is C15H18N4. The van der Waals surface area contributed by atoms with Crippen molar-refractivity contribution in [3.05, 3.63) is 42.7 Å². The van der Waals surface area contributed by atoms with E-state index in [9.17, 15) is 0 Å².